The minimum absolute atomic E-state index is 0.226. The van der Waals surface area contributed by atoms with E-state index in [-0.39, 0.29) is 12.5 Å². The molecule has 0 radical (unpaired) electrons. The van der Waals surface area contributed by atoms with Crippen LogP contribution in [-0.4, -0.2) is 95.4 Å². The fraction of sp³-hybridized carbons (Fsp3) is 0.979. The molecule has 6 N–H and O–H groups in total. The van der Waals surface area contributed by atoms with Crippen LogP contribution >= 0.6 is 0 Å². The summed E-state index contributed by atoms with van der Waals surface area (Å²) in [5.74, 6) is -0.226. The first-order valence-electron chi connectivity index (χ1n) is 25.4. The van der Waals surface area contributed by atoms with E-state index in [0.29, 0.717) is 12.8 Å². The molecule has 12 nitrogen and oxygen atoms in total. The average Bonchev–Trinajstić information content (AvgIpc) is 3.23. The Hall–Kier alpha value is -0.900. The number of hydrogen-bond acceptors (Lipinski definition) is 10. The summed E-state index contributed by atoms with van der Waals surface area (Å²) >= 11 is 0. The number of unbranched alkanes of at least 4 members (excludes halogenated alkanes) is 32. The second-order valence-corrected chi connectivity index (χ2v) is 19.2. The summed E-state index contributed by atoms with van der Waals surface area (Å²) in [6.07, 6.45) is 34.1. The molecule has 0 bridgehead atoms. The van der Waals surface area contributed by atoms with Gasteiger partial charge in [-0.1, -0.05) is 226 Å². The maximum Gasteiger partial charge on any atom is 0.397 e. The molecule has 1 saturated heterocycles. The van der Waals surface area contributed by atoms with Crippen molar-refractivity contribution >= 4 is 16.3 Å². The van der Waals surface area contributed by atoms with Crippen LogP contribution in [0, 0.1) is 0 Å². The highest BCUT2D eigenvalue weighted by Crippen LogP contribution is 2.26. The van der Waals surface area contributed by atoms with Crippen LogP contribution < -0.4 is 5.32 Å². The number of ether oxygens (including phenoxy) is 2. The van der Waals surface area contributed by atoms with E-state index in [4.69, 9.17) is 9.47 Å². The molecule has 0 spiro atoms. The Morgan fingerprint density at radius 1 is 0.590 bits per heavy atom. The Morgan fingerprint density at radius 2 is 0.951 bits per heavy atom. The second kappa shape index (κ2) is 39.5. The third-order valence-corrected chi connectivity index (χ3v) is 12.9. The van der Waals surface area contributed by atoms with E-state index >= 15 is 0 Å². The molecular weight excluding hydrogens is 799 g/mol. The SMILES string of the molecule is CCCCCCCCCCCCCCCCCCCCCCCCCCC(=O)NC(COC1OC(CO)C(O)C(OS(=O)(=O)O)C1O)C(O)CCCCCCCCCCCC. The van der Waals surface area contributed by atoms with Crippen molar-refractivity contribution in [2.24, 2.45) is 0 Å². The molecule has 1 heterocycles. The van der Waals surface area contributed by atoms with Crippen molar-refractivity contribution in [3.05, 3.63) is 0 Å². The number of aliphatic hydroxyl groups excluding tert-OH is 4. The predicted octanol–water partition coefficient (Wildman–Crippen LogP) is 10.6. The molecule has 0 aromatic carbocycles. The quantitative estimate of drug-likeness (QED) is 0.0252. The van der Waals surface area contributed by atoms with Crippen LogP contribution in [0.5, 0.6) is 0 Å². The fourth-order valence-corrected chi connectivity index (χ4v) is 8.97. The molecule has 0 aliphatic carbocycles. The lowest BCUT2D eigenvalue weighted by atomic mass is 9.99. The van der Waals surface area contributed by atoms with E-state index in [0.717, 1.165) is 51.4 Å². The molecule has 61 heavy (non-hydrogen) atoms. The normalized spacial score (nSPS) is 20.5. The highest BCUT2D eigenvalue weighted by atomic mass is 32.3. The Morgan fingerprint density at radius 3 is 1.31 bits per heavy atom. The third kappa shape index (κ3) is 32.4. The van der Waals surface area contributed by atoms with Crippen LogP contribution in [0.15, 0.2) is 0 Å². The maximum atomic E-state index is 13.1. The first-order chi connectivity index (χ1) is 29.5. The summed E-state index contributed by atoms with van der Waals surface area (Å²) in [6.45, 7) is 3.45. The summed E-state index contributed by atoms with van der Waals surface area (Å²) in [5, 5.41) is 44.8. The monoisotopic (exact) mass is 894 g/mol. The van der Waals surface area contributed by atoms with E-state index in [1.165, 1.54) is 167 Å². The van der Waals surface area contributed by atoms with Gasteiger partial charge < -0.3 is 35.2 Å². The van der Waals surface area contributed by atoms with Gasteiger partial charge in [-0.05, 0) is 12.8 Å². The van der Waals surface area contributed by atoms with Gasteiger partial charge in [0.2, 0.25) is 5.91 Å². The van der Waals surface area contributed by atoms with Gasteiger partial charge in [-0.3, -0.25) is 9.35 Å². The molecule has 0 aromatic rings. The number of carbonyl (C=O) groups is 1. The lowest BCUT2D eigenvalue weighted by molar-refractivity contribution is -0.298. The zero-order chi connectivity index (χ0) is 44.8. The Balaban J connectivity index is 2.32. The van der Waals surface area contributed by atoms with E-state index in [1.54, 1.807) is 0 Å². The predicted molar refractivity (Wildman–Crippen MR) is 246 cm³/mol. The van der Waals surface area contributed by atoms with Gasteiger partial charge >= 0.3 is 10.4 Å². The van der Waals surface area contributed by atoms with Gasteiger partial charge in [0.25, 0.3) is 0 Å². The Bertz CT molecular complexity index is 1100. The lowest BCUT2D eigenvalue weighted by Crippen LogP contribution is -2.61. The van der Waals surface area contributed by atoms with Gasteiger partial charge in [0.05, 0.1) is 25.4 Å². The maximum absolute atomic E-state index is 13.1. The van der Waals surface area contributed by atoms with Crippen molar-refractivity contribution in [3.8, 4) is 0 Å². The fourth-order valence-electron chi connectivity index (χ4n) is 8.46. The number of carbonyl (C=O) groups excluding carboxylic acids is 1. The minimum atomic E-state index is -5.07. The van der Waals surface area contributed by atoms with Gasteiger partial charge in [0.1, 0.15) is 24.4 Å². The first kappa shape index (κ1) is 58.1. The highest BCUT2D eigenvalue weighted by molar-refractivity contribution is 7.80. The molecule has 1 amide bonds. The highest BCUT2D eigenvalue weighted by Gasteiger charge is 2.48. The van der Waals surface area contributed by atoms with Crippen molar-refractivity contribution in [1.29, 1.82) is 0 Å². The number of aliphatic hydroxyl groups is 4. The molecule has 364 valence electrons. The zero-order valence-electron chi connectivity index (χ0n) is 39.0. The number of rotatable bonds is 44. The summed E-state index contributed by atoms with van der Waals surface area (Å²) in [5.41, 5.74) is 0. The van der Waals surface area contributed by atoms with Gasteiger partial charge in [-0.25, -0.2) is 4.18 Å². The van der Waals surface area contributed by atoms with Gasteiger partial charge in [0.15, 0.2) is 6.29 Å². The number of nitrogens with one attached hydrogen (secondary N) is 1. The third-order valence-electron chi connectivity index (χ3n) is 12.4. The molecule has 1 aliphatic heterocycles. The largest absolute Gasteiger partial charge is 0.397 e. The van der Waals surface area contributed by atoms with Crippen LogP contribution in [0.1, 0.15) is 245 Å². The molecule has 0 aromatic heterocycles. The first-order valence-corrected chi connectivity index (χ1v) is 26.8. The molecule has 1 fully saturated rings. The van der Waals surface area contributed by atoms with Crippen molar-refractivity contribution < 1.29 is 51.8 Å². The summed E-state index contributed by atoms with van der Waals surface area (Å²) < 4.78 is 47.6. The topological polar surface area (TPSA) is 192 Å². The molecule has 13 heteroatoms. The van der Waals surface area contributed by atoms with Crippen LogP contribution in [0.3, 0.4) is 0 Å². The van der Waals surface area contributed by atoms with Crippen LogP contribution in [0.2, 0.25) is 0 Å². The van der Waals surface area contributed by atoms with Crippen molar-refractivity contribution in [2.45, 2.75) is 288 Å². The zero-order valence-corrected chi connectivity index (χ0v) is 39.8. The van der Waals surface area contributed by atoms with E-state index in [1.807, 2.05) is 0 Å². The lowest BCUT2D eigenvalue weighted by Gasteiger charge is -2.41. The van der Waals surface area contributed by atoms with Crippen molar-refractivity contribution in [1.82, 2.24) is 5.32 Å². The summed E-state index contributed by atoms with van der Waals surface area (Å²) in [7, 11) is -5.07. The van der Waals surface area contributed by atoms with Crippen molar-refractivity contribution in [2.75, 3.05) is 13.2 Å². The average molecular weight is 894 g/mol. The second-order valence-electron chi connectivity index (χ2n) is 18.1. The minimum Gasteiger partial charge on any atom is -0.394 e. The molecule has 1 aliphatic rings. The number of amides is 1. The van der Waals surface area contributed by atoms with Gasteiger partial charge in [-0.2, -0.15) is 8.42 Å². The molecule has 0 saturated carbocycles. The Kier molecular flexibility index (Phi) is 37.6. The van der Waals surface area contributed by atoms with Crippen LogP contribution in [0.25, 0.3) is 0 Å². The van der Waals surface area contributed by atoms with E-state index in [2.05, 4.69) is 23.3 Å². The summed E-state index contributed by atoms with van der Waals surface area (Å²) in [6, 6.07) is -0.850. The van der Waals surface area contributed by atoms with Crippen LogP contribution in [0.4, 0.5) is 0 Å². The Labute approximate surface area is 373 Å². The smallest absolute Gasteiger partial charge is 0.394 e. The van der Waals surface area contributed by atoms with E-state index in [9.17, 15) is 38.2 Å². The van der Waals surface area contributed by atoms with Gasteiger partial charge in [-0.15, -0.1) is 0 Å². The molecule has 7 atom stereocenters. The van der Waals surface area contributed by atoms with Crippen LogP contribution in [-0.2, 0) is 28.9 Å². The summed E-state index contributed by atoms with van der Waals surface area (Å²) in [4.78, 5) is 13.1. The van der Waals surface area contributed by atoms with E-state index < -0.39 is 59.9 Å². The molecule has 7 unspecified atom stereocenters. The standard InChI is InChI=1S/C48H95NO11S/c1-3-5-7-9-11-13-15-16-17-18-19-20-21-22-23-24-25-26-27-28-30-32-34-36-38-44(52)49-41(42(51)37-35-33-31-29-14-12-10-8-6-4-2)40-58-48-46(54)47(60-61(55,56)57)45(53)43(39-50)59-48/h41-43,45-48,50-51,53-54H,3-40H2,1-2H3,(H,49,52)(H,55,56,57). The van der Waals surface area contributed by atoms with Crippen molar-refractivity contribution in [3.63, 3.8) is 0 Å². The molecule has 1 rings (SSSR count). The number of hydrogen-bond donors (Lipinski definition) is 6. The van der Waals surface area contributed by atoms with Gasteiger partial charge in [0, 0.05) is 6.42 Å². The molecular formula is C48H95NO11S.